The average Bonchev–Trinajstić information content (AvgIpc) is 2.16. The van der Waals surface area contributed by atoms with E-state index in [2.05, 4.69) is 15.7 Å². The number of hydrogen-bond acceptors (Lipinski definition) is 3. The highest BCUT2D eigenvalue weighted by Gasteiger charge is 1.92. The second-order valence-electron chi connectivity index (χ2n) is 2.18. The number of hydrazine groups is 1. The van der Waals surface area contributed by atoms with E-state index in [0.717, 1.165) is 5.56 Å². The fraction of sp³-hybridized carbons (Fsp3) is 0.143. The van der Waals surface area contributed by atoms with Crippen molar-refractivity contribution in [2.45, 2.75) is 6.54 Å². The molecule has 0 aromatic carbocycles. The predicted octanol–water partition coefficient (Wildman–Crippen LogP) is -0.0806. The molecule has 0 fully saturated rings. The molecular weight excluding hydrogens is 172 g/mol. The summed E-state index contributed by atoms with van der Waals surface area (Å²) in [6, 6.07) is 3.82. The van der Waals surface area contributed by atoms with Crippen LogP contribution in [-0.2, 0) is 6.54 Å². The lowest BCUT2D eigenvalue weighted by Gasteiger charge is -2.05. The van der Waals surface area contributed by atoms with Crippen LogP contribution in [0.1, 0.15) is 5.56 Å². The molecular formula is C7H10N4S. The Bertz CT molecular complexity index is 249. The number of thiocarbonyl (C=S) groups is 1. The normalized spacial score (nSPS) is 9.08. The predicted molar refractivity (Wildman–Crippen MR) is 51.0 cm³/mol. The highest BCUT2D eigenvalue weighted by molar-refractivity contribution is 7.80. The second-order valence-corrected chi connectivity index (χ2v) is 2.59. The summed E-state index contributed by atoms with van der Waals surface area (Å²) in [6.07, 6.45) is 3.46. The van der Waals surface area contributed by atoms with Crippen molar-refractivity contribution in [1.29, 1.82) is 0 Å². The first-order chi connectivity index (χ1) is 5.83. The van der Waals surface area contributed by atoms with Gasteiger partial charge in [-0.3, -0.25) is 4.98 Å². The van der Waals surface area contributed by atoms with Crippen molar-refractivity contribution < 1.29 is 0 Å². The molecule has 1 heterocycles. The van der Waals surface area contributed by atoms with Gasteiger partial charge in [-0.15, -0.1) is 0 Å². The molecule has 0 unspecified atom stereocenters. The Morgan fingerprint density at radius 2 is 2.17 bits per heavy atom. The molecule has 0 spiro atoms. The summed E-state index contributed by atoms with van der Waals surface area (Å²) in [5.41, 5.74) is 3.45. The Balaban J connectivity index is 2.38. The van der Waals surface area contributed by atoms with Crippen molar-refractivity contribution in [3.63, 3.8) is 0 Å². The SMILES string of the molecule is NNC(=S)NCc1ccncc1. The van der Waals surface area contributed by atoms with Crippen molar-refractivity contribution in [3.05, 3.63) is 30.1 Å². The molecule has 0 saturated heterocycles. The zero-order valence-electron chi connectivity index (χ0n) is 6.45. The number of nitrogens with one attached hydrogen (secondary N) is 2. The molecule has 1 aromatic rings. The summed E-state index contributed by atoms with van der Waals surface area (Å²) in [7, 11) is 0. The Kier molecular flexibility index (Phi) is 3.43. The minimum absolute atomic E-state index is 0.437. The number of nitrogens with zero attached hydrogens (tertiary/aromatic N) is 1. The minimum Gasteiger partial charge on any atom is -0.358 e. The summed E-state index contributed by atoms with van der Waals surface area (Å²) in [6.45, 7) is 0.658. The van der Waals surface area contributed by atoms with Gasteiger partial charge in [-0.1, -0.05) is 0 Å². The van der Waals surface area contributed by atoms with E-state index in [4.69, 9.17) is 18.1 Å². The van der Waals surface area contributed by atoms with Gasteiger partial charge in [0.05, 0.1) is 0 Å². The van der Waals surface area contributed by atoms with Crippen molar-refractivity contribution in [1.82, 2.24) is 15.7 Å². The highest BCUT2D eigenvalue weighted by atomic mass is 32.1. The fourth-order valence-corrected chi connectivity index (χ4v) is 0.806. The first kappa shape index (κ1) is 8.89. The number of hydrogen-bond donors (Lipinski definition) is 3. The highest BCUT2D eigenvalue weighted by Crippen LogP contribution is 1.93. The van der Waals surface area contributed by atoms with Gasteiger partial charge in [0.1, 0.15) is 0 Å². The first-order valence-corrected chi connectivity index (χ1v) is 3.87. The molecule has 0 radical (unpaired) electrons. The molecule has 0 bridgehead atoms. The molecule has 0 aliphatic rings. The van der Waals surface area contributed by atoms with Crippen LogP contribution in [0.25, 0.3) is 0 Å². The third-order valence-electron chi connectivity index (χ3n) is 1.33. The van der Waals surface area contributed by atoms with E-state index in [0.29, 0.717) is 11.7 Å². The molecule has 12 heavy (non-hydrogen) atoms. The van der Waals surface area contributed by atoms with Crippen molar-refractivity contribution in [2.24, 2.45) is 5.84 Å². The maximum absolute atomic E-state index is 5.07. The van der Waals surface area contributed by atoms with E-state index < -0.39 is 0 Å². The minimum atomic E-state index is 0.437. The van der Waals surface area contributed by atoms with Gasteiger partial charge in [0.2, 0.25) is 0 Å². The lowest BCUT2D eigenvalue weighted by Crippen LogP contribution is -2.39. The van der Waals surface area contributed by atoms with Crippen LogP contribution in [0.3, 0.4) is 0 Å². The number of nitrogens with two attached hydrogens (primary N) is 1. The topological polar surface area (TPSA) is 63.0 Å². The molecule has 5 heteroatoms. The van der Waals surface area contributed by atoms with Crippen molar-refractivity contribution in [3.8, 4) is 0 Å². The molecule has 4 nitrogen and oxygen atoms in total. The van der Waals surface area contributed by atoms with Crippen molar-refractivity contribution in [2.75, 3.05) is 0 Å². The number of rotatable bonds is 2. The zero-order valence-corrected chi connectivity index (χ0v) is 7.27. The Labute approximate surface area is 76.1 Å². The Morgan fingerprint density at radius 1 is 1.50 bits per heavy atom. The van der Waals surface area contributed by atoms with Crippen LogP contribution < -0.4 is 16.6 Å². The maximum Gasteiger partial charge on any atom is 0.180 e. The zero-order chi connectivity index (χ0) is 8.81. The van der Waals surface area contributed by atoms with E-state index in [-0.39, 0.29) is 0 Å². The van der Waals surface area contributed by atoms with E-state index in [9.17, 15) is 0 Å². The summed E-state index contributed by atoms with van der Waals surface area (Å²) in [5, 5.41) is 3.35. The molecule has 0 atom stereocenters. The van der Waals surface area contributed by atoms with E-state index in [1.807, 2.05) is 12.1 Å². The molecule has 0 aliphatic carbocycles. The van der Waals surface area contributed by atoms with Crippen LogP contribution >= 0.6 is 12.2 Å². The summed E-state index contributed by atoms with van der Waals surface area (Å²) < 4.78 is 0. The second kappa shape index (κ2) is 4.63. The average molecular weight is 182 g/mol. The Hall–Kier alpha value is -1.20. The van der Waals surface area contributed by atoms with Crippen LogP contribution in [-0.4, -0.2) is 10.1 Å². The van der Waals surface area contributed by atoms with Crippen LogP contribution in [0.4, 0.5) is 0 Å². The molecule has 1 aromatic heterocycles. The van der Waals surface area contributed by atoms with Gasteiger partial charge in [-0.25, -0.2) is 5.84 Å². The van der Waals surface area contributed by atoms with Gasteiger partial charge < -0.3 is 10.7 Å². The van der Waals surface area contributed by atoms with Gasteiger partial charge in [0.15, 0.2) is 5.11 Å². The van der Waals surface area contributed by atoms with E-state index in [1.165, 1.54) is 0 Å². The monoisotopic (exact) mass is 182 g/mol. The largest absolute Gasteiger partial charge is 0.358 e. The van der Waals surface area contributed by atoms with Gasteiger partial charge in [0.25, 0.3) is 0 Å². The van der Waals surface area contributed by atoms with Crippen LogP contribution in [0.15, 0.2) is 24.5 Å². The number of aromatic nitrogens is 1. The summed E-state index contributed by atoms with van der Waals surface area (Å²) in [5.74, 6) is 5.07. The molecule has 0 saturated carbocycles. The van der Waals surface area contributed by atoms with Gasteiger partial charge in [0, 0.05) is 18.9 Å². The lowest BCUT2D eigenvalue weighted by molar-refractivity contribution is 0.864. The molecule has 0 amide bonds. The van der Waals surface area contributed by atoms with Gasteiger partial charge >= 0.3 is 0 Å². The summed E-state index contributed by atoms with van der Waals surface area (Å²) >= 11 is 4.79. The van der Waals surface area contributed by atoms with Crippen LogP contribution in [0.5, 0.6) is 0 Å². The quantitative estimate of drug-likeness (QED) is 0.339. The molecule has 0 aliphatic heterocycles. The molecule has 64 valence electrons. The summed E-state index contributed by atoms with van der Waals surface area (Å²) in [4.78, 5) is 3.89. The fourth-order valence-electron chi connectivity index (χ4n) is 0.734. The lowest BCUT2D eigenvalue weighted by atomic mass is 10.3. The standard InChI is InChI=1S/C7H10N4S/c8-11-7(12)10-5-6-1-3-9-4-2-6/h1-4H,5,8H2,(H2,10,11,12). The Morgan fingerprint density at radius 3 is 2.75 bits per heavy atom. The first-order valence-electron chi connectivity index (χ1n) is 3.46. The third kappa shape index (κ3) is 2.81. The number of pyridine rings is 1. The van der Waals surface area contributed by atoms with E-state index in [1.54, 1.807) is 12.4 Å². The smallest absolute Gasteiger partial charge is 0.180 e. The maximum atomic E-state index is 5.07. The molecule has 4 N–H and O–H groups in total. The van der Waals surface area contributed by atoms with E-state index >= 15 is 0 Å². The molecule has 1 rings (SSSR count). The van der Waals surface area contributed by atoms with Crippen LogP contribution in [0.2, 0.25) is 0 Å². The third-order valence-corrected chi connectivity index (χ3v) is 1.60. The van der Waals surface area contributed by atoms with Gasteiger partial charge in [-0.2, -0.15) is 0 Å². The van der Waals surface area contributed by atoms with Gasteiger partial charge in [-0.05, 0) is 29.9 Å². The van der Waals surface area contributed by atoms with Crippen molar-refractivity contribution >= 4 is 17.3 Å². The van der Waals surface area contributed by atoms with Crippen LogP contribution in [0, 0.1) is 0 Å².